The first-order chi connectivity index (χ1) is 9.25. The SMILES string of the molecule is Cc1[c-]c(C2[N-]C(C)C(C)C(C)C2C)c(C)c(C)c1F.[Ir]. The molecule has 0 aliphatic carbocycles. The van der Waals surface area contributed by atoms with E-state index >= 15 is 0 Å². The number of halogens is 1. The van der Waals surface area contributed by atoms with Gasteiger partial charge in [-0.05, 0) is 5.92 Å². The zero-order valence-electron chi connectivity index (χ0n) is 14.0. The molecule has 5 unspecified atom stereocenters. The van der Waals surface area contributed by atoms with Gasteiger partial charge in [0.1, 0.15) is 0 Å². The standard InChI is InChI=1S/C18H26FN.Ir/c1-9-8-16(12(4)13(5)17(9)19)18-14(6)10(2)11(3)15(7)20-18;/h10-11,14-15,18H,1-7H3;/q-2;. The Hall–Kier alpha value is -0.241. The van der Waals surface area contributed by atoms with E-state index in [9.17, 15) is 4.39 Å². The van der Waals surface area contributed by atoms with Crippen LogP contribution in [0.3, 0.4) is 0 Å². The number of aryl methyl sites for hydroxylation is 1. The summed E-state index contributed by atoms with van der Waals surface area (Å²) in [6.07, 6.45) is 0. The quantitative estimate of drug-likeness (QED) is 0.500. The van der Waals surface area contributed by atoms with Crippen molar-refractivity contribution < 1.29 is 24.5 Å². The van der Waals surface area contributed by atoms with Gasteiger partial charge in [0, 0.05) is 25.9 Å². The second kappa shape index (κ2) is 6.89. The minimum atomic E-state index is -0.121. The van der Waals surface area contributed by atoms with E-state index in [1.54, 1.807) is 6.92 Å². The van der Waals surface area contributed by atoms with Gasteiger partial charge in [0.05, 0.1) is 0 Å². The van der Waals surface area contributed by atoms with Gasteiger partial charge in [0.15, 0.2) is 0 Å². The van der Waals surface area contributed by atoms with Gasteiger partial charge in [-0.1, -0.05) is 60.3 Å². The van der Waals surface area contributed by atoms with Crippen molar-refractivity contribution in [1.82, 2.24) is 0 Å². The molecule has 0 aromatic heterocycles. The number of hydrogen-bond donors (Lipinski definition) is 0. The smallest absolute Gasteiger partial charge is 0.0148 e. The van der Waals surface area contributed by atoms with Gasteiger partial charge in [-0.2, -0.15) is 17.2 Å². The molecule has 1 radical (unpaired) electrons. The van der Waals surface area contributed by atoms with Crippen molar-refractivity contribution in [3.05, 3.63) is 39.5 Å². The minimum absolute atomic E-state index is 0. The molecule has 0 N–H and O–H groups in total. The average molecular weight is 468 g/mol. The van der Waals surface area contributed by atoms with Gasteiger partial charge in [-0.3, -0.25) is 4.39 Å². The van der Waals surface area contributed by atoms with Gasteiger partial charge in [0.2, 0.25) is 0 Å². The Morgan fingerprint density at radius 3 is 2.05 bits per heavy atom. The Morgan fingerprint density at radius 2 is 1.48 bits per heavy atom. The minimum Gasteiger partial charge on any atom is -0.654 e. The molecule has 1 heterocycles. The second-order valence-corrected chi connectivity index (χ2v) is 6.64. The van der Waals surface area contributed by atoms with Crippen LogP contribution in [-0.2, 0) is 20.1 Å². The predicted molar refractivity (Wildman–Crippen MR) is 82.5 cm³/mol. The zero-order chi connectivity index (χ0) is 15.2. The predicted octanol–water partition coefficient (Wildman–Crippen LogP) is 5.27. The van der Waals surface area contributed by atoms with Crippen LogP contribution in [-0.4, -0.2) is 6.04 Å². The summed E-state index contributed by atoms with van der Waals surface area (Å²) in [6, 6.07) is 3.77. The Balaban J connectivity index is 0.00000220. The maximum absolute atomic E-state index is 14.0. The van der Waals surface area contributed by atoms with E-state index in [-0.39, 0.29) is 32.0 Å². The van der Waals surface area contributed by atoms with Crippen molar-refractivity contribution >= 4 is 0 Å². The monoisotopic (exact) mass is 468 g/mol. The van der Waals surface area contributed by atoms with Crippen molar-refractivity contribution in [3.8, 4) is 0 Å². The van der Waals surface area contributed by atoms with Crippen LogP contribution in [0.4, 0.5) is 4.39 Å². The molecular formula is C18H26FIrN-2. The number of hydrogen-bond acceptors (Lipinski definition) is 0. The summed E-state index contributed by atoms with van der Waals surface area (Å²) in [5.74, 6) is 1.57. The number of nitrogens with zero attached hydrogens (tertiary/aromatic N) is 1. The van der Waals surface area contributed by atoms with Gasteiger partial charge >= 0.3 is 0 Å². The molecule has 1 nitrogen and oxygen atoms in total. The van der Waals surface area contributed by atoms with Gasteiger partial charge < -0.3 is 5.32 Å². The van der Waals surface area contributed by atoms with Crippen LogP contribution in [0.25, 0.3) is 5.32 Å². The van der Waals surface area contributed by atoms with E-state index in [1.165, 1.54) is 0 Å². The van der Waals surface area contributed by atoms with Crippen LogP contribution in [0.15, 0.2) is 0 Å². The summed E-state index contributed by atoms with van der Waals surface area (Å²) in [6.45, 7) is 14.7. The first kappa shape index (κ1) is 18.8. The molecule has 1 fully saturated rings. The molecule has 1 aliphatic rings. The van der Waals surface area contributed by atoms with Gasteiger partial charge in [-0.15, -0.1) is 23.2 Å². The van der Waals surface area contributed by atoms with E-state index in [4.69, 9.17) is 5.32 Å². The van der Waals surface area contributed by atoms with E-state index < -0.39 is 0 Å². The molecular weight excluding hydrogens is 441 g/mol. The van der Waals surface area contributed by atoms with Crippen molar-refractivity contribution in [3.63, 3.8) is 0 Å². The van der Waals surface area contributed by atoms with E-state index in [0.29, 0.717) is 29.4 Å². The molecule has 1 aromatic rings. The van der Waals surface area contributed by atoms with Crippen LogP contribution >= 0.6 is 0 Å². The fourth-order valence-electron chi connectivity index (χ4n) is 3.36. The Kier molecular flexibility index (Phi) is 6.17. The van der Waals surface area contributed by atoms with Crippen LogP contribution in [0.1, 0.15) is 56.0 Å². The van der Waals surface area contributed by atoms with Crippen LogP contribution < -0.4 is 0 Å². The molecule has 0 spiro atoms. The Bertz CT molecular complexity index is 514. The molecule has 3 heteroatoms. The molecule has 0 amide bonds. The molecule has 0 saturated carbocycles. The van der Waals surface area contributed by atoms with E-state index in [0.717, 1.165) is 16.7 Å². The fraction of sp³-hybridized carbons (Fsp3) is 0.667. The third-order valence-corrected chi connectivity index (χ3v) is 5.56. The summed E-state index contributed by atoms with van der Waals surface area (Å²) in [4.78, 5) is 0. The first-order valence-corrected chi connectivity index (χ1v) is 7.64. The van der Waals surface area contributed by atoms with Crippen molar-refractivity contribution in [1.29, 1.82) is 0 Å². The topological polar surface area (TPSA) is 14.1 Å². The van der Waals surface area contributed by atoms with Crippen LogP contribution in [0, 0.1) is 50.4 Å². The van der Waals surface area contributed by atoms with Crippen LogP contribution in [0.5, 0.6) is 0 Å². The molecule has 1 saturated heterocycles. The Morgan fingerprint density at radius 1 is 0.905 bits per heavy atom. The number of benzene rings is 1. The van der Waals surface area contributed by atoms with Gasteiger partial charge in [0.25, 0.3) is 0 Å². The van der Waals surface area contributed by atoms with E-state index in [1.807, 2.05) is 13.8 Å². The second-order valence-electron chi connectivity index (χ2n) is 6.64. The number of piperidine rings is 1. The molecule has 5 atom stereocenters. The summed E-state index contributed by atoms with van der Waals surface area (Å²) in [7, 11) is 0. The fourth-order valence-corrected chi connectivity index (χ4v) is 3.36. The molecule has 1 aliphatic heterocycles. The maximum Gasteiger partial charge on any atom is 0.0148 e. The molecule has 21 heavy (non-hydrogen) atoms. The zero-order valence-corrected chi connectivity index (χ0v) is 16.4. The largest absolute Gasteiger partial charge is 0.654 e. The molecule has 1 aromatic carbocycles. The summed E-state index contributed by atoms with van der Waals surface area (Å²) < 4.78 is 14.0. The summed E-state index contributed by atoms with van der Waals surface area (Å²) in [5, 5.41) is 4.98. The normalized spacial score (nSPS) is 32.7. The van der Waals surface area contributed by atoms with Crippen molar-refractivity contribution in [2.24, 2.45) is 17.8 Å². The third kappa shape index (κ3) is 3.25. The Labute approximate surface area is 142 Å². The van der Waals surface area contributed by atoms with Crippen molar-refractivity contribution in [2.45, 2.75) is 60.5 Å². The summed E-state index contributed by atoms with van der Waals surface area (Å²) >= 11 is 0. The molecule has 2 rings (SSSR count). The average Bonchev–Trinajstić information content (AvgIpc) is 2.42. The maximum atomic E-state index is 14.0. The molecule has 121 valence electrons. The van der Waals surface area contributed by atoms with Gasteiger partial charge in [-0.25, -0.2) is 0 Å². The van der Waals surface area contributed by atoms with Crippen LogP contribution in [0.2, 0.25) is 0 Å². The van der Waals surface area contributed by atoms with E-state index in [2.05, 4.69) is 33.8 Å². The summed E-state index contributed by atoms with van der Waals surface area (Å²) in [5.41, 5.74) is 3.48. The first-order valence-electron chi connectivity index (χ1n) is 7.64. The number of rotatable bonds is 1. The van der Waals surface area contributed by atoms with Crippen molar-refractivity contribution in [2.75, 3.05) is 0 Å². The third-order valence-electron chi connectivity index (χ3n) is 5.56. The molecule has 0 bridgehead atoms.